The third-order valence-electron chi connectivity index (χ3n) is 4.25. The summed E-state index contributed by atoms with van der Waals surface area (Å²) in [6.07, 6.45) is -9.26. The first-order valence-corrected chi connectivity index (χ1v) is 7.58. The first kappa shape index (κ1) is 21.3. The predicted molar refractivity (Wildman–Crippen MR) is 78.8 cm³/mol. The molecule has 9 heteroatoms. The van der Waals surface area contributed by atoms with Crippen molar-refractivity contribution < 1.29 is 36.2 Å². The Kier molecular flexibility index (Phi) is 6.50. The Labute approximate surface area is 141 Å². The number of alkyl halides is 6. The van der Waals surface area contributed by atoms with Crippen LogP contribution in [0.15, 0.2) is 18.2 Å². The minimum absolute atomic E-state index is 0.0587. The fourth-order valence-electron chi connectivity index (χ4n) is 2.45. The second kappa shape index (κ2) is 7.63. The van der Waals surface area contributed by atoms with Crippen LogP contribution in [0.4, 0.5) is 26.3 Å². The maximum absolute atomic E-state index is 12.8. The van der Waals surface area contributed by atoms with E-state index in [2.05, 4.69) is 5.32 Å². The summed E-state index contributed by atoms with van der Waals surface area (Å²) >= 11 is 0. The molecule has 25 heavy (non-hydrogen) atoms. The lowest BCUT2D eigenvalue weighted by Gasteiger charge is -2.27. The molecule has 0 fully saturated rings. The molecule has 1 rings (SSSR count). The van der Waals surface area contributed by atoms with Crippen molar-refractivity contribution in [1.29, 1.82) is 0 Å². The van der Waals surface area contributed by atoms with E-state index in [1.54, 1.807) is 13.8 Å². The molecule has 0 aliphatic carbocycles. The van der Waals surface area contributed by atoms with E-state index in [1.165, 1.54) is 0 Å². The predicted octanol–water partition coefficient (Wildman–Crippen LogP) is 4.70. The Morgan fingerprint density at radius 3 is 1.72 bits per heavy atom. The Morgan fingerprint density at radius 1 is 0.960 bits per heavy atom. The molecule has 3 nitrogen and oxygen atoms in total. The molecular formula is C16H19F6NO2. The van der Waals surface area contributed by atoms with Gasteiger partial charge in [0.2, 0.25) is 0 Å². The van der Waals surface area contributed by atoms with Crippen LogP contribution in [0.2, 0.25) is 0 Å². The summed E-state index contributed by atoms with van der Waals surface area (Å²) in [6, 6.07) is 1.31. The van der Waals surface area contributed by atoms with Gasteiger partial charge in [-0.15, -0.1) is 0 Å². The number of halogens is 6. The SMILES string of the molecule is CCC(CC)(CNCc1cc(C(F)(F)F)cc(C(F)(F)F)c1)C(=O)O. The van der Waals surface area contributed by atoms with Gasteiger partial charge in [-0.1, -0.05) is 13.8 Å². The number of nitrogens with one attached hydrogen (secondary N) is 1. The van der Waals surface area contributed by atoms with Crippen molar-refractivity contribution in [3.8, 4) is 0 Å². The van der Waals surface area contributed by atoms with Crippen LogP contribution in [0.25, 0.3) is 0 Å². The first-order chi connectivity index (χ1) is 11.4. The molecule has 0 atom stereocenters. The highest BCUT2D eigenvalue weighted by Gasteiger charge is 2.37. The van der Waals surface area contributed by atoms with Crippen LogP contribution in [-0.2, 0) is 23.7 Å². The van der Waals surface area contributed by atoms with E-state index in [1.807, 2.05) is 0 Å². The Balaban J connectivity index is 3.04. The molecule has 142 valence electrons. The van der Waals surface area contributed by atoms with Gasteiger partial charge >= 0.3 is 18.3 Å². The lowest BCUT2D eigenvalue weighted by molar-refractivity contribution is -0.149. The number of aliphatic carboxylic acids is 1. The smallest absolute Gasteiger partial charge is 0.416 e. The van der Waals surface area contributed by atoms with Crippen LogP contribution in [-0.4, -0.2) is 17.6 Å². The lowest BCUT2D eigenvalue weighted by atomic mass is 9.82. The largest absolute Gasteiger partial charge is 0.481 e. The molecular weight excluding hydrogens is 352 g/mol. The average molecular weight is 371 g/mol. The van der Waals surface area contributed by atoms with E-state index in [0.717, 1.165) is 0 Å². The summed E-state index contributed by atoms with van der Waals surface area (Å²) in [5.41, 5.74) is -4.12. The van der Waals surface area contributed by atoms with Crippen LogP contribution in [0.3, 0.4) is 0 Å². The second-order valence-electron chi connectivity index (χ2n) is 5.81. The van der Waals surface area contributed by atoms with Crippen molar-refractivity contribution in [2.75, 3.05) is 6.54 Å². The summed E-state index contributed by atoms with van der Waals surface area (Å²) in [7, 11) is 0. The van der Waals surface area contributed by atoms with E-state index in [4.69, 9.17) is 0 Å². The molecule has 0 aliphatic rings. The van der Waals surface area contributed by atoms with Gasteiger partial charge < -0.3 is 10.4 Å². The molecule has 0 aromatic heterocycles. The maximum Gasteiger partial charge on any atom is 0.416 e. The van der Waals surface area contributed by atoms with Gasteiger partial charge in [-0.05, 0) is 36.6 Å². The highest BCUT2D eigenvalue weighted by molar-refractivity contribution is 5.74. The van der Waals surface area contributed by atoms with Gasteiger partial charge in [0.25, 0.3) is 0 Å². The summed E-state index contributed by atoms with van der Waals surface area (Å²) in [5.74, 6) is -1.06. The fourth-order valence-corrected chi connectivity index (χ4v) is 2.45. The quantitative estimate of drug-likeness (QED) is 0.683. The monoisotopic (exact) mass is 371 g/mol. The van der Waals surface area contributed by atoms with E-state index >= 15 is 0 Å². The van der Waals surface area contributed by atoms with Gasteiger partial charge in [0, 0.05) is 13.1 Å². The molecule has 0 unspecified atom stereocenters. The number of carboxylic acids is 1. The van der Waals surface area contributed by atoms with Crippen LogP contribution < -0.4 is 5.32 Å². The summed E-state index contributed by atoms with van der Waals surface area (Å²) in [5, 5.41) is 12.0. The van der Waals surface area contributed by atoms with Gasteiger partial charge in [0.05, 0.1) is 16.5 Å². The third kappa shape index (κ3) is 5.35. The van der Waals surface area contributed by atoms with Crippen LogP contribution >= 0.6 is 0 Å². The zero-order chi connectivity index (χ0) is 19.5. The highest BCUT2D eigenvalue weighted by atomic mass is 19.4. The molecule has 0 saturated heterocycles. The maximum atomic E-state index is 12.8. The normalized spacial score (nSPS) is 13.1. The van der Waals surface area contributed by atoms with Crippen molar-refractivity contribution >= 4 is 5.97 Å². The Hall–Kier alpha value is -1.77. The number of hydrogen-bond donors (Lipinski definition) is 2. The number of rotatable bonds is 7. The molecule has 0 spiro atoms. The van der Waals surface area contributed by atoms with Crippen molar-refractivity contribution in [2.24, 2.45) is 5.41 Å². The summed E-state index contributed by atoms with van der Waals surface area (Å²) in [4.78, 5) is 11.4. The van der Waals surface area contributed by atoms with Gasteiger partial charge in [0.1, 0.15) is 0 Å². The van der Waals surface area contributed by atoms with E-state index in [-0.39, 0.29) is 37.6 Å². The Morgan fingerprint density at radius 2 is 1.40 bits per heavy atom. The fraction of sp³-hybridized carbons (Fsp3) is 0.562. The summed E-state index contributed by atoms with van der Waals surface area (Å²) in [6.45, 7) is 2.95. The molecule has 1 aromatic carbocycles. The van der Waals surface area contributed by atoms with Gasteiger partial charge in [-0.2, -0.15) is 26.3 Å². The number of hydrogen-bond acceptors (Lipinski definition) is 2. The van der Waals surface area contributed by atoms with Gasteiger partial charge in [-0.25, -0.2) is 0 Å². The van der Waals surface area contributed by atoms with Crippen molar-refractivity contribution in [2.45, 2.75) is 45.6 Å². The summed E-state index contributed by atoms with van der Waals surface area (Å²) < 4.78 is 76.8. The topological polar surface area (TPSA) is 49.3 Å². The molecule has 1 aromatic rings. The van der Waals surface area contributed by atoms with Crippen LogP contribution in [0.5, 0.6) is 0 Å². The Bertz CT molecular complexity index is 573. The lowest BCUT2D eigenvalue weighted by Crippen LogP contribution is -2.40. The standard InChI is InChI=1S/C16H19F6NO2/c1-3-14(4-2,13(24)25)9-23-8-10-5-11(15(17,18)19)7-12(6-10)16(20,21)22/h5-7,23H,3-4,8-9H2,1-2H3,(H,24,25). The molecule has 0 heterocycles. The zero-order valence-electron chi connectivity index (χ0n) is 13.7. The molecule has 2 N–H and O–H groups in total. The van der Waals surface area contributed by atoms with Crippen molar-refractivity contribution in [3.05, 3.63) is 34.9 Å². The highest BCUT2D eigenvalue weighted by Crippen LogP contribution is 2.36. The average Bonchev–Trinajstić information content (AvgIpc) is 2.49. The van der Waals surface area contributed by atoms with Crippen LogP contribution in [0, 0.1) is 5.41 Å². The zero-order valence-corrected chi connectivity index (χ0v) is 13.7. The van der Waals surface area contributed by atoms with E-state index in [9.17, 15) is 36.2 Å². The molecule has 0 radical (unpaired) electrons. The van der Waals surface area contributed by atoms with E-state index in [0.29, 0.717) is 12.1 Å². The molecule has 0 saturated carbocycles. The van der Waals surface area contributed by atoms with Gasteiger partial charge in [0.15, 0.2) is 0 Å². The first-order valence-electron chi connectivity index (χ1n) is 7.58. The number of carbonyl (C=O) groups is 1. The molecule has 0 bridgehead atoms. The van der Waals surface area contributed by atoms with Crippen molar-refractivity contribution in [3.63, 3.8) is 0 Å². The van der Waals surface area contributed by atoms with E-state index < -0.39 is 34.9 Å². The van der Waals surface area contributed by atoms with Crippen LogP contribution in [0.1, 0.15) is 43.4 Å². The van der Waals surface area contributed by atoms with Crippen molar-refractivity contribution in [1.82, 2.24) is 5.32 Å². The number of carboxylic acid groups (broad SMARTS) is 1. The second-order valence-corrected chi connectivity index (χ2v) is 5.81. The van der Waals surface area contributed by atoms with Gasteiger partial charge in [-0.3, -0.25) is 4.79 Å². The molecule has 0 aliphatic heterocycles. The number of benzene rings is 1. The third-order valence-corrected chi connectivity index (χ3v) is 4.25. The minimum Gasteiger partial charge on any atom is -0.481 e. The minimum atomic E-state index is -4.91. The molecule has 0 amide bonds.